The molecule has 0 N–H and O–H groups in total. The third kappa shape index (κ3) is 3.50. The molecule has 0 bridgehead atoms. The number of aromatic nitrogens is 2. The summed E-state index contributed by atoms with van der Waals surface area (Å²) in [6.45, 7) is 9.72. The molecule has 1 atom stereocenters. The molecule has 0 unspecified atom stereocenters. The van der Waals surface area contributed by atoms with Crippen LogP contribution < -0.4 is 5.56 Å². The van der Waals surface area contributed by atoms with E-state index in [0.717, 1.165) is 16.7 Å². The minimum Gasteiger partial charge on any atom is -0.464 e. The largest absolute Gasteiger partial charge is 0.464 e. The highest BCUT2D eigenvalue weighted by Crippen LogP contribution is 2.24. The van der Waals surface area contributed by atoms with E-state index in [2.05, 4.69) is 24.2 Å². The number of hydrogen-bond acceptors (Lipinski definition) is 4. The van der Waals surface area contributed by atoms with E-state index in [9.17, 15) is 9.59 Å². The Bertz CT molecular complexity index is 793. The van der Waals surface area contributed by atoms with Crippen molar-refractivity contribution in [2.45, 2.75) is 40.7 Å². The highest BCUT2D eigenvalue weighted by Gasteiger charge is 2.19. The summed E-state index contributed by atoms with van der Waals surface area (Å²) in [7, 11) is 0. The molecule has 2 rings (SSSR count). The number of esters is 1. The topological polar surface area (TPSA) is 61.2 Å². The van der Waals surface area contributed by atoms with Crippen molar-refractivity contribution >= 4 is 5.97 Å². The summed E-state index contributed by atoms with van der Waals surface area (Å²) in [6.07, 6.45) is 0. The number of benzene rings is 1. The summed E-state index contributed by atoms with van der Waals surface area (Å²) >= 11 is 0. The maximum Gasteiger partial charge on any atom is 0.330 e. The lowest BCUT2D eigenvalue weighted by atomic mass is 9.99. The molecule has 0 aliphatic rings. The molecule has 1 aromatic carbocycles. The Balaban J connectivity index is 2.51. The molecule has 0 aliphatic heterocycles. The van der Waals surface area contributed by atoms with E-state index >= 15 is 0 Å². The zero-order valence-electron chi connectivity index (χ0n) is 14.2. The molecular weight excluding hydrogens is 292 g/mol. The average Bonchev–Trinajstić information content (AvgIpc) is 2.51. The van der Waals surface area contributed by atoms with Gasteiger partial charge in [-0.3, -0.25) is 4.79 Å². The van der Waals surface area contributed by atoms with Gasteiger partial charge in [-0.25, -0.2) is 9.48 Å². The van der Waals surface area contributed by atoms with Crippen LogP contribution >= 0.6 is 0 Å². The predicted molar refractivity (Wildman–Crippen MR) is 89.5 cm³/mol. The molecule has 0 saturated carbocycles. The second-order valence-electron chi connectivity index (χ2n) is 5.68. The van der Waals surface area contributed by atoms with Crippen molar-refractivity contribution in [1.29, 1.82) is 0 Å². The Morgan fingerprint density at radius 1 is 1.17 bits per heavy atom. The zero-order valence-corrected chi connectivity index (χ0v) is 14.2. The first kappa shape index (κ1) is 16.9. The molecule has 1 heterocycles. The third-order valence-electron chi connectivity index (χ3n) is 3.94. The molecule has 0 aliphatic carbocycles. The molecule has 0 radical (unpaired) electrons. The van der Waals surface area contributed by atoms with Crippen LogP contribution in [-0.2, 0) is 9.53 Å². The van der Waals surface area contributed by atoms with E-state index in [1.54, 1.807) is 19.9 Å². The van der Waals surface area contributed by atoms with Crippen LogP contribution in [0.3, 0.4) is 0 Å². The fourth-order valence-corrected chi connectivity index (χ4v) is 2.45. The summed E-state index contributed by atoms with van der Waals surface area (Å²) in [4.78, 5) is 23.9. The normalized spacial score (nSPS) is 12.0. The summed E-state index contributed by atoms with van der Waals surface area (Å²) in [5.74, 6) is -0.462. The number of carbonyl (C=O) groups excluding carboxylic acids is 1. The van der Waals surface area contributed by atoms with Crippen molar-refractivity contribution in [1.82, 2.24) is 9.78 Å². The van der Waals surface area contributed by atoms with Gasteiger partial charge in [-0.1, -0.05) is 6.07 Å². The van der Waals surface area contributed by atoms with Gasteiger partial charge < -0.3 is 4.74 Å². The number of hydrogen-bond donors (Lipinski definition) is 0. The van der Waals surface area contributed by atoms with Crippen molar-refractivity contribution in [3.8, 4) is 11.3 Å². The first-order chi connectivity index (χ1) is 10.8. The van der Waals surface area contributed by atoms with Crippen LogP contribution in [0.1, 0.15) is 36.6 Å². The molecule has 5 heteroatoms. The molecule has 0 amide bonds. The predicted octanol–water partition coefficient (Wildman–Crippen LogP) is 2.96. The van der Waals surface area contributed by atoms with Gasteiger partial charge in [-0.15, -0.1) is 0 Å². The van der Waals surface area contributed by atoms with E-state index in [1.807, 2.05) is 13.8 Å². The lowest BCUT2D eigenvalue weighted by Gasteiger charge is -2.15. The maximum atomic E-state index is 12.1. The van der Waals surface area contributed by atoms with Gasteiger partial charge in [0.15, 0.2) is 6.04 Å². The molecular formula is C18H22N2O3. The van der Waals surface area contributed by atoms with Gasteiger partial charge in [0.1, 0.15) is 0 Å². The standard InChI is InChI=1S/C18H22N2O3/c1-6-23-18(22)14(5)20-17(21)8-7-16(19-20)15-10-12(3)11(2)9-13(15)4/h7-10,14H,6H2,1-5H3/t14-/m1/s1. The highest BCUT2D eigenvalue weighted by molar-refractivity contribution is 5.73. The molecule has 122 valence electrons. The monoisotopic (exact) mass is 314 g/mol. The Morgan fingerprint density at radius 2 is 1.83 bits per heavy atom. The zero-order chi connectivity index (χ0) is 17.1. The highest BCUT2D eigenvalue weighted by atomic mass is 16.5. The number of carbonyl (C=O) groups is 1. The lowest BCUT2D eigenvalue weighted by molar-refractivity contribution is -0.147. The van der Waals surface area contributed by atoms with Crippen LogP contribution in [0.15, 0.2) is 29.1 Å². The summed E-state index contributed by atoms with van der Waals surface area (Å²) < 4.78 is 6.16. The maximum absolute atomic E-state index is 12.1. The minimum atomic E-state index is -0.755. The molecule has 2 aromatic rings. The number of ether oxygens (including phenoxy) is 1. The molecule has 1 aromatic heterocycles. The van der Waals surface area contributed by atoms with E-state index in [-0.39, 0.29) is 12.2 Å². The average molecular weight is 314 g/mol. The molecule has 23 heavy (non-hydrogen) atoms. The Hall–Kier alpha value is -2.43. The van der Waals surface area contributed by atoms with Crippen LogP contribution in [0.25, 0.3) is 11.3 Å². The second-order valence-corrected chi connectivity index (χ2v) is 5.68. The van der Waals surface area contributed by atoms with Crippen molar-refractivity contribution < 1.29 is 9.53 Å². The summed E-state index contributed by atoms with van der Waals surface area (Å²) in [5.41, 5.74) is 4.74. The molecule has 0 spiro atoms. The summed E-state index contributed by atoms with van der Waals surface area (Å²) in [6, 6.07) is 6.52. The first-order valence-corrected chi connectivity index (χ1v) is 7.69. The van der Waals surface area contributed by atoms with Crippen LogP contribution in [0.5, 0.6) is 0 Å². The molecule has 0 fully saturated rings. The number of nitrogens with zero attached hydrogens (tertiary/aromatic N) is 2. The van der Waals surface area contributed by atoms with E-state index < -0.39 is 12.0 Å². The van der Waals surface area contributed by atoms with Crippen molar-refractivity contribution in [2.24, 2.45) is 0 Å². The van der Waals surface area contributed by atoms with Crippen molar-refractivity contribution in [2.75, 3.05) is 6.61 Å². The Labute approximate surface area is 135 Å². The number of aryl methyl sites for hydroxylation is 3. The third-order valence-corrected chi connectivity index (χ3v) is 3.94. The van der Waals surface area contributed by atoms with Crippen molar-refractivity contribution in [3.05, 3.63) is 51.3 Å². The summed E-state index contributed by atoms with van der Waals surface area (Å²) in [5, 5.41) is 4.38. The van der Waals surface area contributed by atoms with E-state index in [1.165, 1.54) is 16.3 Å². The van der Waals surface area contributed by atoms with Crippen LogP contribution in [0.4, 0.5) is 0 Å². The fourth-order valence-electron chi connectivity index (χ4n) is 2.45. The smallest absolute Gasteiger partial charge is 0.330 e. The quantitative estimate of drug-likeness (QED) is 0.814. The fraction of sp³-hybridized carbons (Fsp3) is 0.389. The minimum absolute atomic E-state index is 0.272. The van der Waals surface area contributed by atoms with E-state index in [4.69, 9.17) is 4.74 Å². The molecule has 5 nitrogen and oxygen atoms in total. The molecule has 0 saturated heterocycles. The van der Waals surface area contributed by atoms with Gasteiger partial charge in [0.2, 0.25) is 0 Å². The Morgan fingerprint density at radius 3 is 2.48 bits per heavy atom. The lowest BCUT2D eigenvalue weighted by Crippen LogP contribution is -2.31. The van der Waals surface area contributed by atoms with Gasteiger partial charge in [0.05, 0.1) is 12.3 Å². The SMILES string of the molecule is CCOC(=O)[C@@H](C)n1nc(-c2cc(C)c(C)cc2C)ccc1=O. The van der Waals surface area contributed by atoms with Gasteiger partial charge in [-0.05, 0) is 63.4 Å². The van der Waals surface area contributed by atoms with Gasteiger partial charge in [0, 0.05) is 11.6 Å². The van der Waals surface area contributed by atoms with E-state index in [0.29, 0.717) is 5.69 Å². The Kier molecular flexibility index (Phi) is 4.98. The van der Waals surface area contributed by atoms with Crippen LogP contribution in [0, 0.1) is 20.8 Å². The van der Waals surface area contributed by atoms with Gasteiger partial charge in [0.25, 0.3) is 5.56 Å². The van der Waals surface area contributed by atoms with Crippen LogP contribution in [0.2, 0.25) is 0 Å². The number of rotatable bonds is 4. The van der Waals surface area contributed by atoms with Gasteiger partial charge in [-0.2, -0.15) is 5.10 Å². The van der Waals surface area contributed by atoms with Gasteiger partial charge >= 0.3 is 5.97 Å². The van der Waals surface area contributed by atoms with Crippen molar-refractivity contribution in [3.63, 3.8) is 0 Å². The van der Waals surface area contributed by atoms with Crippen LogP contribution in [-0.4, -0.2) is 22.4 Å². The second kappa shape index (κ2) is 6.77. The first-order valence-electron chi connectivity index (χ1n) is 7.69.